The second kappa shape index (κ2) is 7.70. The van der Waals surface area contributed by atoms with Gasteiger partial charge in [-0.05, 0) is 37.5 Å². The fourth-order valence-electron chi connectivity index (χ4n) is 3.29. The Morgan fingerprint density at radius 1 is 1.08 bits per heavy atom. The van der Waals surface area contributed by atoms with Crippen LogP contribution >= 0.6 is 23.2 Å². The second-order valence-electron chi connectivity index (χ2n) is 6.59. The predicted octanol–water partition coefficient (Wildman–Crippen LogP) is 2.77. The van der Waals surface area contributed by atoms with Crippen molar-refractivity contribution in [1.29, 1.82) is 0 Å². The molecule has 2 heterocycles. The van der Waals surface area contributed by atoms with Crippen molar-refractivity contribution >= 4 is 44.8 Å². The van der Waals surface area contributed by atoms with Crippen molar-refractivity contribution in [3.05, 3.63) is 28.2 Å². The van der Waals surface area contributed by atoms with E-state index in [0.29, 0.717) is 35.2 Å². The number of carbonyl (C=O) groups excluding carboxylic acids is 1. The van der Waals surface area contributed by atoms with Gasteiger partial charge in [0.05, 0.1) is 21.6 Å². The number of rotatable bonds is 3. The lowest BCUT2D eigenvalue weighted by molar-refractivity contribution is 0.186. The molecule has 0 spiro atoms. The number of amides is 2. The average molecular weight is 406 g/mol. The third kappa shape index (κ3) is 5.00. The highest BCUT2D eigenvalue weighted by Gasteiger charge is 2.31. The number of piperidine rings is 1. The number of nitrogens with zero attached hydrogens (tertiary/aromatic N) is 1. The molecule has 0 aliphatic carbocycles. The van der Waals surface area contributed by atoms with Gasteiger partial charge in [0.1, 0.15) is 0 Å². The number of halogens is 2. The first-order chi connectivity index (χ1) is 11.8. The van der Waals surface area contributed by atoms with Gasteiger partial charge in [0.2, 0.25) is 0 Å². The molecule has 138 valence electrons. The number of likely N-dealkylation sites (tertiary alicyclic amines) is 1. The van der Waals surface area contributed by atoms with Crippen LogP contribution in [-0.4, -0.2) is 56.0 Å². The Morgan fingerprint density at radius 3 is 2.40 bits per heavy atom. The Kier molecular flexibility index (Phi) is 5.78. The van der Waals surface area contributed by atoms with Crippen LogP contribution < -0.4 is 10.6 Å². The Bertz CT molecular complexity index is 749. The zero-order chi connectivity index (χ0) is 18.0. The summed E-state index contributed by atoms with van der Waals surface area (Å²) in [5.41, 5.74) is 0.607. The summed E-state index contributed by atoms with van der Waals surface area (Å²) in [5.74, 6) is 0.501. The van der Waals surface area contributed by atoms with Crippen LogP contribution in [0.5, 0.6) is 0 Å². The van der Waals surface area contributed by atoms with E-state index in [4.69, 9.17) is 23.2 Å². The van der Waals surface area contributed by atoms with Crippen molar-refractivity contribution in [2.75, 3.05) is 29.9 Å². The number of carbonyl (C=O) groups is 1. The van der Waals surface area contributed by atoms with Crippen LogP contribution in [0.4, 0.5) is 10.5 Å². The quantitative estimate of drug-likeness (QED) is 0.809. The highest BCUT2D eigenvalue weighted by molar-refractivity contribution is 7.91. The minimum Gasteiger partial charge on any atom is -0.324 e. The van der Waals surface area contributed by atoms with E-state index in [9.17, 15) is 13.2 Å². The number of nitrogens with one attached hydrogen (secondary N) is 2. The topological polar surface area (TPSA) is 78.5 Å². The highest BCUT2D eigenvalue weighted by atomic mass is 35.5. The van der Waals surface area contributed by atoms with Crippen LogP contribution in [0.15, 0.2) is 18.2 Å². The minimum absolute atomic E-state index is 0.0478. The molecule has 1 aromatic carbocycles. The van der Waals surface area contributed by atoms with Crippen molar-refractivity contribution in [3.63, 3.8) is 0 Å². The van der Waals surface area contributed by atoms with Gasteiger partial charge in [-0.1, -0.05) is 23.2 Å². The van der Waals surface area contributed by atoms with Crippen LogP contribution in [0.3, 0.4) is 0 Å². The number of sulfone groups is 1. The number of anilines is 1. The van der Waals surface area contributed by atoms with Crippen LogP contribution in [0, 0.1) is 0 Å². The summed E-state index contributed by atoms with van der Waals surface area (Å²) in [7, 11) is -2.87. The SMILES string of the molecule is O=C(Nc1ccc(Cl)c(Cl)c1)N1CCC(N[C@@H]2CCS(=O)(=O)C2)CC1. The van der Waals surface area contributed by atoms with E-state index in [-0.39, 0.29) is 29.6 Å². The molecule has 2 N–H and O–H groups in total. The van der Waals surface area contributed by atoms with Crippen molar-refractivity contribution in [2.45, 2.75) is 31.3 Å². The van der Waals surface area contributed by atoms with E-state index in [1.807, 2.05) is 0 Å². The van der Waals surface area contributed by atoms with Gasteiger partial charge in [0.25, 0.3) is 0 Å². The van der Waals surface area contributed by atoms with Crippen LogP contribution in [0.1, 0.15) is 19.3 Å². The molecule has 2 saturated heterocycles. The molecule has 0 radical (unpaired) electrons. The first-order valence-electron chi connectivity index (χ1n) is 8.30. The third-order valence-corrected chi connectivity index (χ3v) is 7.16. The van der Waals surface area contributed by atoms with Gasteiger partial charge in [-0.2, -0.15) is 0 Å². The lowest BCUT2D eigenvalue weighted by Crippen LogP contribution is -2.49. The lowest BCUT2D eigenvalue weighted by Gasteiger charge is -2.33. The largest absolute Gasteiger partial charge is 0.324 e. The molecule has 1 atom stereocenters. The van der Waals surface area contributed by atoms with E-state index >= 15 is 0 Å². The molecule has 0 unspecified atom stereocenters. The molecule has 0 bridgehead atoms. The van der Waals surface area contributed by atoms with E-state index in [1.54, 1.807) is 23.1 Å². The molecule has 25 heavy (non-hydrogen) atoms. The Hall–Kier alpha value is -1.02. The maximum atomic E-state index is 12.3. The van der Waals surface area contributed by atoms with E-state index in [1.165, 1.54) is 0 Å². The predicted molar refractivity (Wildman–Crippen MR) is 100 cm³/mol. The minimum atomic E-state index is -2.87. The summed E-state index contributed by atoms with van der Waals surface area (Å²) >= 11 is 11.8. The van der Waals surface area contributed by atoms with Gasteiger partial charge in [0, 0.05) is 30.9 Å². The molecule has 2 amide bonds. The fraction of sp³-hybridized carbons (Fsp3) is 0.562. The molecule has 0 aromatic heterocycles. The van der Waals surface area contributed by atoms with Crippen molar-refractivity contribution in [1.82, 2.24) is 10.2 Å². The zero-order valence-corrected chi connectivity index (χ0v) is 16.0. The molecule has 1 aromatic rings. The van der Waals surface area contributed by atoms with Gasteiger partial charge in [0.15, 0.2) is 9.84 Å². The Morgan fingerprint density at radius 2 is 1.80 bits per heavy atom. The molecule has 3 rings (SSSR count). The summed E-state index contributed by atoms with van der Waals surface area (Å²) in [5, 5.41) is 7.09. The van der Waals surface area contributed by atoms with Gasteiger partial charge in [-0.25, -0.2) is 13.2 Å². The summed E-state index contributed by atoms with van der Waals surface area (Å²) in [6.45, 7) is 1.26. The standard InChI is InChI=1S/C16H21Cl2N3O3S/c17-14-2-1-12(9-15(14)18)20-16(22)21-6-3-11(4-7-21)19-13-5-8-25(23,24)10-13/h1-2,9,11,13,19H,3-8,10H2,(H,20,22)/t13-/m1/s1. The maximum Gasteiger partial charge on any atom is 0.321 e. The van der Waals surface area contributed by atoms with E-state index < -0.39 is 9.84 Å². The first kappa shape index (κ1) is 18.8. The third-order valence-electron chi connectivity index (χ3n) is 4.66. The number of hydrogen-bond donors (Lipinski definition) is 2. The van der Waals surface area contributed by atoms with Crippen LogP contribution in [0.25, 0.3) is 0 Å². The fourth-order valence-corrected chi connectivity index (χ4v) is 5.27. The lowest BCUT2D eigenvalue weighted by atomic mass is 10.0. The molecule has 2 aliphatic rings. The van der Waals surface area contributed by atoms with Crippen molar-refractivity contribution in [3.8, 4) is 0 Å². The molecule has 2 aliphatic heterocycles. The van der Waals surface area contributed by atoms with Crippen LogP contribution in [-0.2, 0) is 9.84 Å². The summed E-state index contributed by atoms with van der Waals surface area (Å²) < 4.78 is 23.0. The summed E-state index contributed by atoms with van der Waals surface area (Å²) in [6, 6.07) is 5.11. The normalized spacial score (nSPS) is 23.6. The Labute approximate surface area is 157 Å². The Balaban J connectivity index is 1.46. The van der Waals surface area contributed by atoms with Gasteiger partial charge < -0.3 is 15.5 Å². The van der Waals surface area contributed by atoms with Gasteiger partial charge >= 0.3 is 6.03 Å². The van der Waals surface area contributed by atoms with Gasteiger partial charge in [-0.3, -0.25) is 0 Å². The average Bonchev–Trinajstić information content (AvgIpc) is 2.90. The second-order valence-corrected chi connectivity index (χ2v) is 9.63. The van der Waals surface area contributed by atoms with E-state index in [0.717, 1.165) is 12.8 Å². The van der Waals surface area contributed by atoms with Crippen molar-refractivity contribution < 1.29 is 13.2 Å². The monoisotopic (exact) mass is 405 g/mol. The molecule has 0 saturated carbocycles. The zero-order valence-electron chi connectivity index (χ0n) is 13.7. The van der Waals surface area contributed by atoms with Crippen LogP contribution in [0.2, 0.25) is 10.0 Å². The molecular formula is C16H21Cl2N3O3S. The highest BCUT2D eigenvalue weighted by Crippen LogP contribution is 2.25. The molecular weight excluding hydrogens is 385 g/mol. The molecule has 2 fully saturated rings. The first-order valence-corrected chi connectivity index (χ1v) is 10.9. The summed E-state index contributed by atoms with van der Waals surface area (Å²) in [4.78, 5) is 14.1. The molecule has 9 heteroatoms. The smallest absolute Gasteiger partial charge is 0.321 e. The van der Waals surface area contributed by atoms with E-state index in [2.05, 4.69) is 10.6 Å². The number of benzene rings is 1. The summed E-state index contributed by atoms with van der Waals surface area (Å²) in [6.07, 6.45) is 2.30. The van der Waals surface area contributed by atoms with Crippen molar-refractivity contribution in [2.24, 2.45) is 0 Å². The molecule has 6 nitrogen and oxygen atoms in total. The van der Waals surface area contributed by atoms with Gasteiger partial charge in [-0.15, -0.1) is 0 Å². The number of urea groups is 1. The maximum absolute atomic E-state index is 12.3. The number of hydrogen-bond acceptors (Lipinski definition) is 4.